The van der Waals surface area contributed by atoms with Gasteiger partial charge in [0.2, 0.25) is 5.28 Å². The number of aromatic amines is 1. The van der Waals surface area contributed by atoms with Crippen LogP contribution in [0.2, 0.25) is 5.28 Å². The topological polar surface area (TPSA) is 66.5 Å². The van der Waals surface area contributed by atoms with Crippen molar-refractivity contribution in [1.29, 1.82) is 0 Å². The fraction of sp³-hybridized carbons (Fsp3) is 0.583. The maximum Gasteiger partial charge on any atom is 0.226 e. The minimum absolute atomic E-state index is 0.209. The zero-order chi connectivity index (χ0) is 13.8. The molecule has 2 heterocycles. The monoisotopic (exact) mass is 345 g/mol. The molecule has 2 aromatic rings. The number of fused-ring (bicyclic) bond motifs is 1. The smallest absolute Gasteiger partial charge is 0.226 e. The van der Waals surface area contributed by atoms with E-state index in [0.717, 1.165) is 41.5 Å². The summed E-state index contributed by atoms with van der Waals surface area (Å²) in [6.45, 7) is 4.36. The fourth-order valence-electron chi connectivity index (χ4n) is 2.15. The highest BCUT2D eigenvalue weighted by molar-refractivity contribution is 9.10. The van der Waals surface area contributed by atoms with Gasteiger partial charge in [0.05, 0.1) is 5.39 Å². The molecule has 104 valence electrons. The van der Waals surface area contributed by atoms with E-state index in [0.29, 0.717) is 11.7 Å². The van der Waals surface area contributed by atoms with Gasteiger partial charge in [-0.2, -0.15) is 15.1 Å². The van der Waals surface area contributed by atoms with Crippen molar-refractivity contribution in [3.05, 3.63) is 9.89 Å². The van der Waals surface area contributed by atoms with Crippen molar-refractivity contribution < 1.29 is 0 Å². The SMILES string of the molecule is CCCC(CCC)Nc1nc(Cl)nc2n[nH]c(Br)c12. The standard InChI is InChI=1S/C12H17BrClN5/c1-3-5-7(6-4-2)15-10-8-9(13)18-19-11(8)17-12(14)16-10/h7H,3-6H2,1-2H3,(H2,15,16,17,18,19). The molecule has 0 aromatic carbocycles. The van der Waals surface area contributed by atoms with Crippen LogP contribution < -0.4 is 5.32 Å². The molecule has 0 spiro atoms. The molecule has 0 fully saturated rings. The van der Waals surface area contributed by atoms with Crippen LogP contribution in [-0.4, -0.2) is 26.2 Å². The van der Waals surface area contributed by atoms with E-state index in [1.165, 1.54) is 0 Å². The van der Waals surface area contributed by atoms with Crippen molar-refractivity contribution in [2.75, 3.05) is 5.32 Å². The van der Waals surface area contributed by atoms with E-state index < -0.39 is 0 Å². The lowest BCUT2D eigenvalue weighted by Gasteiger charge is -2.18. The highest BCUT2D eigenvalue weighted by atomic mass is 79.9. The number of rotatable bonds is 6. The van der Waals surface area contributed by atoms with Gasteiger partial charge in [0.1, 0.15) is 10.4 Å². The number of halogens is 2. The van der Waals surface area contributed by atoms with Crippen LogP contribution in [0.3, 0.4) is 0 Å². The molecule has 0 amide bonds. The Bertz CT molecular complexity index is 550. The van der Waals surface area contributed by atoms with E-state index in [-0.39, 0.29) is 5.28 Å². The lowest BCUT2D eigenvalue weighted by Crippen LogP contribution is -2.20. The summed E-state index contributed by atoms with van der Waals surface area (Å²) in [4.78, 5) is 8.39. The van der Waals surface area contributed by atoms with Crippen LogP contribution >= 0.6 is 27.5 Å². The van der Waals surface area contributed by atoms with Crippen molar-refractivity contribution in [1.82, 2.24) is 20.2 Å². The number of anilines is 1. The molecule has 0 aliphatic carbocycles. The molecule has 0 aliphatic heterocycles. The van der Waals surface area contributed by atoms with E-state index in [1.54, 1.807) is 0 Å². The molecular weight excluding hydrogens is 330 g/mol. The summed E-state index contributed by atoms with van der Waals surface area (Å²) in [6.07, 6.45) is 4.47. The highest BCUT2D eigenvalue weighted by Gasteiger charge is 2.16. The van der Waals surface area contributed by atoms with Crippen molar-refractivity contribution in [2.24, 2.45) is 0 Å². The van der Waals surface area contributed by atoms with Gasteiger partial charge in [0.25, 0.3) is 0 Å². The van der Waals surface area contributed by atoms with Gasteiger partial charge in [-0.1, -0.05) is 26.7 Å². The Labute approximate surface area is 125 Å². The predicted molar refractivity (Wildman–Crippen MR) is 81.6 cm³/mol. The molecule has 0 unspecified atom stereocenters. The van der Waals surface area contributed by atoms with E-state index in [2.05, 4.69) is 55.3 Å². The maximum absolute atomic E-state index is 5.94. The first-order chi connectivity index (χ1) is 9.15. The quantitative estimate of drug-likeness (QED) is 0.771. The molecule has 0 radical (unpaired) electrons. The fourth-order valence-corrected chi connectivity index (χ4v) is 2.77. The average Bonchev–Trinajstić information content (AvgIpc) is 2.71. The third kappa shape index (κ3) is 3.36. The average molecular weight is 347 g/mol. The van der Waals surface area contributed by atoms with Gasteiger partial charge < -0.3 is 5.32 Å². The Hall–Kier alpha value is -0.880. The first-order valence-electron chi connectivity index (χ1n) is 6.49. The summed E-state index contributed by atoms with van der Waals surface area (Å²) < 4.78 is 0.772. The molecule has 2 aromatic heterocycles. The normalized spacial score (nSPS) is 11.4. The van der Waals surface area contributed by atoms with Gasteiger partial charge in [-0.25, -0.2) is 0 Å². The van der Waals surface area contributed by atoms with Crippen molar-refractivity contribution in [3.63, 3.8) is 0 Å². The zero-order valence-corrected chi connectivity index (χ0v) is 13.3. The predicted octanol–water partition coefficient (Wildman–Crippen LogP) is 4.15. The van der Waals surface area contributed by atoms with Crippen LogP contribution in [0.15, 0.2) is 4.60 Å². The molecule has 19 heavy (non-hydrogen) atoms. The Balaban J connectivity index is 2.34. The number of H-pyrrole nitrogens is 1. The number of nitrogens with one attached hydrogen (secondary N) is 2. The lowest BCUT2D eigenvalue weighted by atomic mass is 10.1. The van der Waals surface area contributed by atoms with E-state index in [1.807, 2.05) is 0 Å². The van der Waals surface area contributed by atoms with Gasteiger partial charge in [0.15, 0.2) is 5.65 Å². The van der Waals surface area contributed by atoms with Crippen LogP contribution in [0, 0.1) is 0 Å². The number of hydrogen-bond donors (Lipinski definition) is 2. The van der Waals surface area contributed by atoms with E-state index in [4.69, 9.17) is 11.6 Å². The minimum Gasteiger partial charge on any atom is -0.367 e. The van der Waals surface area contributed by atoms with Gasteiger partial charge in [-0.05, 0) is 40.4 Å². The van der Waals surface area contributed by atoms with Crippen LogP contribution in [0.1, 0.15) is 39.5 Å². The second-order valence-electron chi connectivity index (χ2n) is 4.50. The Morgan fingerprint density at radius 3 is 2.58 bits per heavy atom. The number of nitrogens with zero attached hydrogens (tertiary/aromatic N) is 3. The zero-order valence-electron chi connectivity index (χ0n) is 11.0. The van der Waals surface area contributed by atoms with Crippen molar-refractivity contribution in [2.45, 2.75) is 45.6 Å². The molecule has 0 atom stereocenters. The Morgan fingerprint density at radius 1 is 1.26 bits per heavy atom. The van der Waals surface area contributed by atoms with E-state index >= 15 is 0 Å². The van der Waals surface area contributed by atoms with Crippen LogP contribution in [0.25, 0.3) is 11.0 Å². The van der Waals surface area contributed by atoms with Crippen molar-refractivity contribution in [3.8, 4) is 0 Å². The third-order valence-electron chi connectivity index (χ3n) is 2.96. The van der Waals surface area contributed by atoms with Gasteiger partial charge in [-0.15, -0.1) is 0 Å². The molecule has 0 aliphatic rings. The van der Waals surface area contributed by atoms with Crippen molar-refractivity contribution >= 4 is 44.4 Å². The highest BCUT2D eigenvalue weighted by Crippen LogP contribution is 2.28. The van der Waals surface area contributed by atoms with Gasteiger partial charge >= 0.3 is 0 Å². The summed E-state index contributed by atoms with van der Waals surface area (Å²) in [5, 5.41) is 11.5. The first-order valence-corrected chi connectivity index (χ1v) is 7.66. The third-order valence-corrected chi connectivity index (χ3v) is 3.70. The summed E-state index contributed by atoms with van der Waals surface area (Å²) in [5.74, 6) is 0.738. The molecule has 2 N–H and O–H groups in total. The summed E-state index contributed by atoms with van der Waals surface area (Å²) >= 11 is 9.37. The molecule has 0 saturated carbocycles. The minimum atomic E-state index is 0.209. The van der Waals surface area contributed by atoms with Gasteiger partial charge in [0, 0.05) is 6.04 Å². The maximum atomic E-state index is 5.94. The Morgan fingerprint density at radius 2 is 1.95 bits per heavy atom. The molecular formula is C12H17BrClN5. The molecule has 7 heteroatoms. The van der Waals surface area contributed by atoms with Crippen LogP contribution in [0.4, 0.5) is 5.82 Å². The lowest BCUT2D eigenvalue weighted by molar-refractivity contribution is 0.585. The second-order valence-corrected chi connectivity index (χ2v) is 5.63. The first kappa shape index (κ1) is 14.5. The molecule has 2 rings (SSSR count). The Kier molecular flexibility index (Phi) is 4.99. The summed E-state index contributed by atoms with van der Waals surface area (Å²) in [6, 6.07) is 0.394. The second kappa shape index (κ2) is 6.52. The van der Waals surface area contributed by atoms with Gasteiger partial charge in [-0.3, -0.25) is 5.10 Å². The molecule has 0 saturated heterocycles. The molecule has 5 nitrogen and oxygen atoms in total. The largest absolute Gasteiger partial charge is 0.367 e. The summed E-state index contributed by atoms with van der Waals surface area (Å²) in [7, 11) is 0. The van der Waals surface area contributed by atoms with Crippen LogP contribution in [0.5, 0.6) is 0 Å². The molecule has 0 bridgehead atoms. The van der Waals surface area contributed by atoms with E-state index in [9.17, 15) is 0 Å². The summed E-state index contributed by atoms with van der Waals surface area (Å²) in [5.41, 5.74) is 0.570. The van der Waals surface area contributed by atoms with Crippen LogP contribution in [-0.2, 0) is 0 Å². The number of aromatic nitrogens is 4. The number of hydrogen-bond acceptors (Lipinski definition) is 4.